The first-order valence-electron chi connectivity index (χ1n) is 9.19. The second-order valence-corrected chi connectivity index (χ2v) is 6.59. The van der Waals surface area contributed by atoms with Gasteiger partial charge in [0, 0.05) is 18.0 Å². The molecule has 2 aromatic heterocycles. The molecule has 0 aliphatic carbocycles. The number of aliphatic imine (C=N–C) groups is 1. The summed E-state index contributed by atoms with van der Waals surface area (Å²) >= 11 is 0. The van der Waals surface area contributed by atoms with E-state index in [-0.39, 0.29) is 5.92 Å². The van der Waals surface area contributed by atoms with Crippen LogP contribution in [0, 0.1) is 0 Å². The average molecular weight is 370 g/mol. The van der Waals surface area contributed by atoms with Crippen LogP contribution in [0.15, 0.2) is 28.5 Å². The van der Waals surface area contributed by atoms with Crippen LogP contribution in [0.4, 0.5) is 11.5 Å². The van der Waals surface area contributed by atoms with Crippen LogP contribution >= 0.6 is 0 Å². The van der Waals surface area contributed by atoms with E-state index in [4.69, 9.17) is 9.84 Å². The van der Waals surface area contributed by atoms with Crippen LogP contribution in [0.2, 0.25) is 0 Å². The number of hydrogen-bond acceptors (Lipinski definition) is 8. The average Bonchev–Trinajstić information content (AvgIpc) is 3.10. The number of rotatable bonds is 8. The Morgan fingerprint density at radius 2 is 2.04 bits per heavy atom. The molecule has 0 unspecified atom stereocenters. The fraction of sp³-hybridized carbons (Fsp3) is 0.500. The zero-order valence-electron chi connectivity index (χ0n) is 16.4. The summed E-state index contributed by atoms with van der Waals surface area (Å²) in [4.78, 5) is 4.04. The van der Waals surface area contributed by atoms with Crippen molar-refractivity contribution in [1.82, 2.24) is 25.1 Å². The molecular formula is C18H26N8O. The van der Waals surface area contributed by atoms with E-state index in [0.29, 0.717) is 23.4 Å². The van der Waals surface area contributed by atoms with Crippen molar-refractivity contribution in [2.75, 3.05) is 17.7 Å². The number of methoxy groups -OCH3 is 1. The molecule has 0 atom stereocenters. The van der Waals surface area contributed by atoms with E-state index < -0.39 is 0 Å². The molecule has 9 nitrogen and oxygen atoms in total. The smallest absolute Gasteiger partial charge is 0.264 e. The van der Waals surface area contributed by atoms with Gasteiger partial charge in [-0.25, -0.2) is 0 Å². The third kappa shape index (κ3) is 4.03. The van der Waals surface area contributed by atoms with Crippen LogP contribution in [0.25, 0.3) is 5.65 Å². The van der Waals surface area contributed by atoms with Gasteiger partial charge in [-0.05, 0) is 18.6 Å². The van der Waals surface area contributed by atoms with Gasteiger partial charge >= 0.3 is 0 Å². The molecule has 0 radical (unpaired) electrons. The lowest BCUT2D eigenvalue weighted by Crippen LogP contribution is -2.22. The highest BCUT2D eigenvalue weighted by atomic mass is 16.5. The van der Waals surface area contributed by atoms with Crippen LogP contribution in [0.1, 0.15) is 52.3 Å². The number of fused-ring (bicyclic) bond motifs is 1. The molecule has 144 valence electrons. The van der Waals surface area contributed by atoms with Crippen molar-refractivity contribution in [3.63, 3.8) is 0 Å². The summed E-state index contributed by atoms with van der Waals surface area (Å²) in [7, 11) is 1.55. The Morgan fingerprint density at radius 3 is 2.70 bits per heavy atom. The molecule has 27 heavy (non-hydrogen) atoms. The predicted octanol–water partition coefficient (Wildman–Crippen LogP) is 2.82. The molecule has 0 amide bonds. The Morgan fingerprint density at radius 1 is 1.26 bits per heavy atom. The summed E-state index contributed by atoms with van der Waals surface area (Å²) in [5, 5.41) is 23.1. The lowest BCUT2D eigenvalue weighted by molar-refractivity contribution is 0.289. The largest absolute Gasteiger partial charge is 0.475 e. The maximum atomic E-state index is 5.14. The van der Waals surface area contributed by atoms with E-state index in [1.807, 2.05) is 6.07 Å². The van der Waals surface area contributed by atoms with E-state index in [1.165, 1.54) is 0 Å². The number of ether oxygens (including phenoxy) is 1. The molecule has 0 saturated heterocycles. The van der Waals surface area contributed by atoms with Gasteiger partial charge in [0.05, 0.1) is 19.1 Å². The summed E-state index contributed by atoms with van der Waals surface area (Å²) in [6.45, 7) is 8.46. The SMILES string of the molecule is CCC(CC)Nc1cc(NC2=C=C(OC)N=CN2)c2nnc(C(C)C)n2n1. The highest BCUT2D eigenvalue weighted by Crippen LogP contribution is 2.24. The summed E-state index contributed by atoms with van der Waals surface area (Å²) < 4.78 is 6.92. The first-order chi connectivity index (χ1) is 13.0. The predicted molar refractivity (Wildman–Crippen MR) is 106 cm³/mol. The van der Waals surface area contributed by atoms with Gasteiger partial charge in [0.25, 0.3) is 5.88 Å². The van der Waals surface area contributed by atoms with E-state index in [2.05, 4.69) is 64.6 Å². The minimum Gasteiger partial charge on any atom is -0.475 e. The lowest BCUT2D eigenvalue weighted by Gasteiger charge is -2.17. The first-order valence-corrected chi connectivity index (χ1v) is 9.19. The fourth-order valence-electron chi connectivity index (χ4n) is 2.76. The van der Waals surface area contributed by atoms with Gasteiger partial charge in [-0.2, -0.15) is 9.51 Å². The molecule has 0 aromatic carbocycles. The van der Waals surface area contributed by atoms with Crippen molar-refractivity contribution in [3.8, 4) is 0 Å². The Bertz CT molecular complexity index is 903. The highest BCUT2D eigenvalue weighted by molar-refractivity contribution is 5.73. The normalized spacial score (nSPS) is 13.6. The minimum absolute atomic E-state index is 0.197. The molecule has 1 aliphatic heterocycles. The van der Waals surface area contributed by atoms with Crippen LogP contribution < -0.4 is 16.0 Å². The van der Waals surface area contributed by atoms with Crippen molar-refractivity contribution < 1.29 is 4.74 Å². The second-order valence-electron chi connectivity index (χ2n) is 6.59. The minimum atomic E-state index is 0.197. The van der Waals surface area contributed by atoms with Gasteiger partial charge in [0.1, 0.15) is 5.82 Å². The number of anilines is 2. The number of nitrogens with zero attached hydrogens (tertiary/aromatic N) is 5. The number of aromatic nitrogens is 4. The second kappa shape index (κ2) is 8.09. The highest BCUT2D eigenvalue weighted by Gasteiger charge is 2.17. The standard InChI is InChI=1S/C18H26N8O/c1-6-12(7-2)21-15-8-13(22-14-9-16(27-5)20-10-19-14)18-24-23-17(11(3)4)26(18)25-15/h8,10-12,22H,6-7H2,1-5H3,(H,19,20)(H,21,25). The maximum absolute atomic E-state index is 5.14. The van der Waals surface area contributed by atoms with E-state index in [1.54, 1.807) is 18.0 Å². The first kappa shape index (κ1) is 18.7. The van der Waals surface area contributed by atoms with Gasteiger partial charge in [-0.1, -0.05) is 27.7 Å². The molecule has 3 heterocycles. The monoisotopic (exact) mass is 370 g/mol. The molecule has 0 bridgehead atoms. The number of hydrogen-bond donors (Lipinski definition) is 3. The van der Waals surface area contributed by atoms with Gasteiger partial charge in [0.2, 0.25) is 5.65 Å². The number of nitrogens with one attached hydrogen (secondary N) is 3. The Balaban J connectivity index is 2.06. The van der Waals surface area contributed by atoms with E-state index in [0.717, 1.165) is 30.2 Å². The maximum Gasteiger partial charge on any atom is 0.264 e. The molecule has 3 rings (SSSR count). The van der Waals surface area contributed by atoms with Crippen LogP contribution in [-0.4, -0.2) is 39.3 Å². The van der Waals surface area contributed by atoms with Gasteiger partial charge in [-0.3, -0.25) is 0 Å². The quantitative estimate of drug-likeness (QED) is 0.614. The summed E-state index contributed by atoms with van der Waals surface area (Å²) in [5.74, 6) is 2.77. The topological polar surface area (TPSA) is 101 Å². The summed E-state index contributed by atoms with van der Waals surface area (Å²) in [6.07, 6.45) is 3.57. The fourth-order valence-corrected chi connectivity index (χ4v) is 2.76. The van der Waals surface area contributed by atoms with Crippen LogP contribution in [-0.2, 0) is 4.74 Å². The zero-order chi connectivity index (χ0) is 19.4. The Kier molecular flexibility index (Phi) is 5.61. The van der Waals surface area contributed by atoms with Crippen molar-refractivity contribution >= 4 is 23.5 Å². The molecule has 0 spiro atoms. The van der Waals surface area contributed by atoms with Crippen molar-refractivity contribution in [3.05, 3.63) is 29.3 Å². The van der Waals surface area contributed by atoms with Gasteiger partial charge in [-0.15, -0.1) is 15.3 Å². The van der Waals surface area contributed by atoms with Crippen LogP contribution in [0.3, 0.4) is 0 Å². The molecule has 9 heteroatoms. The van der Waals surface area contributed by atoms with Crippen molar-refractivity contribution in [2.24, 2.45) is 4.99 Å². The molecule has 0 saturated carbocycles. The van der Waals surface area contributed by atoms with Gasteiger partial charge in [0.15, 0.2) is 11.6 Å². The third-order valence-electron chi connectivity index (χ3n) is 4.32. The van der Waals surface area contributed by atoms with E-state index >= 15 is 0 Å². The zero-order valence-corrected chi connectivity index (χ0v) is 16.4. The van der Waals surface area contributed by atoms with Gasteiger partial charge < -0.3 is 20.7 Å². The molecule has 1 aliphatic rings. The van der Waals surface area contributed by atoms with E-state index in [9.17, 15) is 0 Å². The molecule has 2 aromatic rings. The van der Waals surface area contributed by atoms with Crippen LogP contribution in [0.5, 0.6) is 0 Å². The lowest BCUT2D eigenvalue weighted by atomic mass is 10.2. The molecular weight excluding hydrogens is 344 g/mol. The Hall–Kier alpha value is -3.06. The Labute approximate surface area is 158 Å². The van der Waals surface area contributed by atoms with Crippen molar-refractivity contribution in [2.45, 2.75) is 52.5 Å². The van der Waals surface area contributed by atoms with Crippen molar-refractivity contribution in [1.29, 1.82) is 0 Å². The molecule has 0 fully saturated rings. The molecule has 3 N–H and O–H groups in total. The summed E-state index contributed by atoms with van der Waals surface area (Å²) in [6, 6.07) is 2.28. The summed E-state index contributed by atoms with van der Waals surface area (Å²) in [5.41, 5.74) is 4.43. The third-order valence-corrected chi connectivity index (χ3v) is 4.32.